The maximum Gasteiger partial charge on any atom is 0.143 e. The zero-order valence-electron chi connectivity index (χ0n) is 39.0. The van der Waals surface area contributed by atoms with Gasteiger partial charge in [0.15, 0.2) is 0 Å². The lowest BCUT2D eigenvalue weighted by Crippen LogP contribution is -2.18. The predicted molar refractivity (Wildman–Crippen MR) is 287 cm³/mol. The highest BCUT2D eigenvalue weighted by Crippen LogP contribution is 2.59. The van der Waals surface area contributed by atoms with Crippen molar-refractivity contribution in [3.63, 3.8) is 0 Å². The van der Waals surface area contributed by atoms with E-state index in [0.29, 0.717) is 0 Å². The third kappa shape index (κ3) is 5.68. The van der Waals surface area contributed by atoms with E-state index in [4.69, 9.17) is 8.83 Å². The molecule has 0 radical (unpaired) electrons. The van der Waals surface area contributed by atoms with Gasteiger partial charge in [-0.05, 0) is 116 Å². The summed E-state index contributed by atoms with van der Waals surface area (Å²) in [5.41, 5.74) is 23.5. The highest BCUT2D eigenvalue weighted by molar-refractivity contribution is 6.20. The third-order valence-corrected chi connectivity index (χ3v) is 15.5. The molecule has 0 amide bonds. The number of para-hydroxylation sites is 3. The molecule has 0 saturated carbocycles. The Morgan fingerprint density at radius 3 is 1.19 bits per heavy atom. The Kier molecular flexibility index (Phi) is 8.38. The average Bonchev–Trinajstić information content (AvgIpc) is 4.10. The predicted octanol–water partition coefficient (Wildman–Crippen LogP) is 18.6. The first-order chi connectivity index (χ1) is 33.8. The normalized spacial score (nSPS) is 14.0. The molecule has 0 saturated heterocycles. The van der Waals surface area contributed by atoms with Crippen molar-refractivity contribution >= 4 is 60.9 Å². The fraction of sp³-hybridized carbons (Fsp3) is 0.0909. The van der Waals surface area contributed by atoms with Crippen LogP contribution in [0.2, 0.25) is 0 Å². The molecule has 0 N–H and O–H groups in total. The number of fused-ring (bicyclic) bond motifs is 14. The number of furan rings is 2. The van der Waals surface area contributed by atoms with Crippen LogP contribution >= 0.6 is 0 Å². The van der Waals surface area contributed by atoms with E-state index < -0.39 is 0 Å². The molecule has 328 valence electrons. The summed E-state index contributed by atoms with van der Waals surface area (Å²) in [4.78, 5) is 2.50. The summed E-state index contributed by atoms with van der Waals surface area (Å²) in [5, 5.41) is 4.66. The lowest BCUT2D eigenvalue weighted by atomic mass is 9.80. The minimum Gasteiger partial charge on any atom is -0.455 e. The van der Waals surface area contributed by atoms with Crippen LogP contribution in [0, 0.1) is 0 Å². The largest absolute Gasteiger partial charge is 0.455 e. The number of hydrogen-bond donors (Lipinski definition) is 0. The first-order valence-electron chi connectivity index (χ1n) is 24.1. The van der Waals surface area contributed by atoms with Gasteiger partial charge in [0.2, 0.25) is 0 Å². The average molecular weight is 886 g/mol. The number of anilines is 3. The molecule has 0 atom stereocenters. The van der Waals surface area contributed by atoms with Gasteiger partial charge < -0.3 is 13.7 Å². The monoisotopic (exact) mass is 885 g/mol. The second-order valence-electron chi connectivity index (χ2n) is 20.0. The molecule has 0 spiro atoms. The molecule has 2 aliphatic carbocycles. The van der Waals surface area contributed by atoms with E-state index in [9.17, 15) is 0 Å². The van der Waals surface area contributed by atoms with E-state index in [1.807, 2.05) is 0 Å². The lowest BCUT2D eigenvalue weighted by molar-refractivity contribution is 0.657. The van der Waals surface area contributed by atoms with E-state index >= 15 is 0 Å². The Hall–Kier alpha value is -8.40. The van der Waals surface area contributed by atoms with Crippen LogP contribution in [0.5, 0.6) is 0 Å². The Bertz CT molecular complexity index is 3840. The number of benzene rings is 10. The summed E-state index contributed by atoms with van der Waals surface area (Å²) in [5.74, 6) is 0. The summed E-state index contributed by atoms with van der Waals surface area (Å²) in [6, 6.07) is 77.3. The van der Waals surface area contributed by atoms with Crippen molar-refractivity contribution in [3.05, 3.63) is 235 Å². The maximum absolute atomic E-state index is 6.81. The van der Waals surface area contributed by atoms with Gasteiger partial charge in [-0.1, -0.05) is 185 Å². The molecular weight excluding hydrogens is 839 g/mol. The van der Waals surface area contributed by atoms with Crippen LogP contribution in [-0.2, 0) is 10.8 Å². The van der Waals surface area contributed by atoms with Crippen molar-refractivity contribution in [2.75, 3.05) is 4.90 Å². The van der Waals surface area contributed by atoms with Gasteiger partial charge in [0.05, 0.1) is 5.69 Å². The molecule has 0 bridgehead atoms. The first kappa shape index (κ1) is 39.7. The molecule has 12 aromatic rings. The second kappa shape index (κ2) is 14.6. The Morgan fingerprint density at radius 1 is 0.333 bits per heavy atom. The summed E-state index contributed by atoms with van der Waals surface area (Å²) < 4.78 is 13.6. The van der Waals surface area contributed by atoms with Crippen molar-refractivity contribution in [1.29, 1.82) is 0 Å². The van der Waals surface area contributed by atoms with Crippen LogP contribution in [0.25, 0.3) is 99.5 Å². The maximum atomic E-state index is 6.81. The molecular formula is C66H47NO2. The minimum atomic E-state index is -0.321. The third-order valence-electron chi connectivity index (χ3n) is 15.5. The van der Waals surface area contributed by atoms with E-state index in [-0.39, 0.29) is 10.8 Å². The Labute approximate surface area is 401 Å². The van der Waals surface area contributed by atoms with Gasteiger partial charge in [-0.25, -0.2) is 0 Å². The highest BCUT2D eigenvalue weighted by atomic mass is 16.3. The fourth-order valence-electron chi connectivity index (χ4n) is 12.1. The van der Waals surface area contributed by atoms with Crippen LogP contribution in [0.3, 0.4) is 0 Å². The van der Waals surface area contributed by atoms with Crippen molar-refractivity contribution in [2.24, 2.45) is 0 Å². The Balaban J connectivity index is 0.999. The van der Waals surface area contributed by atoms with Crippen LogP contribution < -0.4 is 4.90 Å². The molecule has 3 heteroatoms. The Morgan fingerprint density at radius 2 is 0.725 bits per heavy atom. The molecule has 3 nitrogen and oxygen atoms in total. The molecule has 10 aromatic carbocycles. The van der Waals surface area contributed by atoms with Gasteiger partial charge in [-0.15, -0.1) is 0 Å². The standard InChI is InChI=1S/C66H47NO2/c1-65(2)52-36-43(32-34-46(52)59-54(65)38-50(41-22-10-6-11-23-41)63-61(59)48-27-15-18-30-57(48)68-63)67(56-29-17-14-26-45(56)40-20-8-5-9-21-40)44-33-35-47-53(37-44)66(3,4)55-39-51(42-24-12-7-13-25-42)64-62(60(47)55)49-28-16-19-31-58(49)69-64/h5-39H,1-4H3. The van der Waals surface area contributed by atoms with Crippen LogP contribution in [0.1, 0.15) is 49.9 Å². The molecule has 0 aliphatic heterocycles. The lowest BCUT2D eigenvalue weighted by Gasteiger charge is -2.31. The quantitative estimate of drug-likeness (QED) is 0.167. The topological polar surface area (TPSA) is 29.5 Å². The van der Waals surface area contributed by atoms with Gasteiger partial charge in [0.25, 0.3) is 0 Å². The van der Waals surface area contributed by atoms with E-state index in [1.165, 1.54) is 66.4 Å². The van der Waals surface area contributed by atoms with Crippen LogP contribution in [0.4, 0.5) is 17.1 Å². The van der Waals surface area contributed by atoms with Gasteiger partial charge in [-0.3, -0.25) is 0 Å². The van der Waals surface area contributed by atoms with Crippen LogP contribution in [0.15, 0.2) is 221 Å². The van der Waals surface area contributed by atoms with Crippen molar-refractivity contribution in [1.82, 2.24) is 0 Å². The summed E-state index contributed by atoms with van der Waals surface area (Å²) in [6.45, 7) is 9.58. The van der Waals surface area contributed by atoms with Gasteiger partial charge >= 0.3 is 0 Å². The first-order valence-corrected chi connectivity index (χ1v) is 24.1. The van der Waals surface area contributed by atoms with Crippen molar-refractivity contribution in [2.45, 2.75) is 38.5 Å². The zero-order valence-corrected chi connectivity index (χ0v) is 39.0. The van der Waals surface area contributed by atoms with Gasteiger partial charge in [-0.2, -0.15) is 0 Å². The molecule has 2 aliphatic rings. The summed E-state index contributed by atoms with van der Waals surface area (Å²) in [6.07, 6.45) is 0. The molecule has 2 heterocycles. The zero-order chi connectivity index (χ0) is 46.2. The van der Waals surface area contributed by atoms with Gasteiger partial charge in [0, 0.05) is 60.4 Å². The van der Waals surface area contributed by atoms with E-state index in [0.717, 1.165) is 72.4 Å². The van der Waals surface area contributed by atoms with Crippen molar-refractivity contribution in [3.8, 4) is 55.6 Å². The van der Waals surface area contributed by atoms with E-state index in [1.54, 1.807) is 0 Å². The molecule has 0 fully saturated rings. The van der Waals surface area contributed by atoms with E-state index in [2.05, 4.69) is 245 Å². The fourth-order valence-corrected chi connectivity index (χ4v) is 12.1. The molecule has 2 aromatic heterocycles. The summed E-state index contributed by atoms with van der Waals surface area (Å²) >= 11 is 0. The highest BCUT2D eigenvalue weighted by Gasteiger charge is 2.41. The SMILES string of the molecule is CC1(C)c2cc(N(c3ccc4c(c3)C(C)(C)c3cc(-c5ccccc5)c5oc6ccccc6c5c3-4)c3ccccc3-c3ccccc3)ccc2-c2c1cc(-c1ccccc1)c1oc3ccccc3c21. The molecule has 14 rings (SSSR count). The molecule has 69 heavy (non-hydrogen) atoms. The summed E-state index contributed by atoms with van der Waals surface area (Å²) in [7, 11) is 0. The smallest absolute Gasteiger partial charge is 0.143 e. The van der Waals surface area contributed by atoms with Gasteiger partial charge in [0.1, 0.15) is 22.3 Å². The number of nitrogens with zero attached hydrogens (tertiary/aromatic N) is 1. The number of rotatable bonds is 6. The number of hydrogen-bond acceptors (Lipinski definition) is 3. The van der Waals surface area contributed by atoms with Crippen molar-refractivity contribution < 1.29 is 8.83 Å². The molecule has 0 unspecified atom stereocenters. The second-order valence-corrected chi connectivity index (χ2v) is 20.0. The van der Waals surface area contributed by atoms with Crippen LogP contribution in [-0.4, -0.2) is 0 Å². The minimum absolute atomic E-state index is 0.321.